The van der Waals surface area contributed by atoms with Crippen LogP contribution in [0.3, 0.4) is 0 Å². The van der Waals surface area contributed by atoms with Crippen molar-refractivity contribution in [2.45, 2.75) is 25.3 Å². The molecule has 0 aromatic carbocycles. The van der Waals surface area contributed by atoms with Gasteiger partial charge in [0.15, 0.2) is 0 Å². The Balaban J connectivity index is 1.58. The van der Waals surface area contributed by atoms with E-state index < -0.39 is 0 Å². The summed E-state index contributed by atoms with van der Waals surface area (Å²) in [5, 5.41) is 0. The van der Waals surface area contributed by atoms with E-state index in [2.05, 4.69) is 9.88 Å². The summed E-state index contributed by atoms with van der Waals surface area (Å²) >= 11 is 0. The Morgan fingerprint density at radius 3 is 2.47 bits per heavy atom. The normalized spacial score (nSPS) is 21.2. The average molecular weight is 260 g/mol. The van der Waals surface area contributed by atoms with Gasteiger partial charge in [-0.2, -0.15) is 0 Å². The maximum atomic E-state index is 12.3. The molecule has 3 rings (SSSR count). The van der Waals surface area contributed by atoms with Gasteiger partial charge in [0, 0.05) is 32.2 Å². The number of carbonyl (C=O) groups is 1. The van der Waals surface area contributed by atoms with Crippen LogP contribution in [0, 0.1) is 0 Å². The van der Waals surface area contributed by atoms with Gasteiger partial charge in [0.1, 0.15) is 5.69 Å². The molecule has 1 aromatic rings. The Morgan fingerprint density at radius 1 is 1.21 bits per heavy atom. The van der Waals surface area contributed by atoms with Crippen LogP contribution in [0.15, 0.2) is 18.3 Å². The number of nitrogens with zero attached hydrogens (tertiary/aromatic N) is 3. The smallest absolute Gasteiger partial charge is 0.272 e. The number of pyridine rings is 1. The summed E-state index contributed by atoms with van der Waals surface area (Å²) in [5.74, 6) is 0.0215. The second-order valence-electron chi connectivity index (χ2n) is 5.39. The topological polar surface area (TPSA) is 62.5 Å². The molecule has 0 unspecified atom stereocenters. The standard InChI is InChI=1S/C14H20N4O/c15-11-4-5-13(16-10-11)14(19)18-8-6-17(7-9-18)12-2-1-3-12/h4-5,10,12H,1-3,6-9,15H2. The van der Waals surface area contributed by atoms with Crippen LogP contribution in [0.25, 0.3) is 0 Å². The average Bonchev–Trinajstić information content (AvgIpc) is 2.38. The number of amides is 1. The highest BCUT2D eigenvalue weighted by Gasteiger charge is 2.29. The Labute approximate surface area is 113 Å². The van der Waals surface area contributed by atoms with Gasteiger partial charge in [-0.15, -0.1) is 0 Å². The Morgan fingerprint density at radius 2 is 1.95 bits per heavy atom. The summed E-state index contributed by atoms with van der Waals surface area (Å²) < 4.78 is 0. The summed E-state index contributed by atoms with van der Waals surface area (Å²) in [5.41, 5.74) is 6.67. The van der Waals surface area contributed by atoms with Gasteiger partial charge in [-0.05, 0) is 25.0 Å². The Hall–Kier alpha value is -1.62. The van der Waals surface area contributed by atoms with Gasteiger partial charge in [-0.1, -0.05) is 6.42 Å². The van der Waals surface area contributed by atoms with Crippen LogP contribution in [0.1, 0.15) is 29.8 Å². The first-order valence-electron chi connectivity index (χ1n) is 6.99. The monoisotopic (exact) mass is 260 g/mol. The van der Waals surface area contributed by atoms with Crippen molar-refractivity contribution in [3.05, 3.63) is 24.0 Å². The molecule has 2 N–H and O–H groups in total. The molecule has 1 aliphatic carbocycles. The summed E-state index contributed by atoms with van der Waals surface area (Å²) in [6, 6.07) is 4.20. The van der Waals surface area contributed by atoms with Gasteiger partial charge >= 0.3 is 0 Å². The van der Waals surface area contributed by atoms with E-state index in [0.717, 1.165) is 32.2 Å². The van der Waals surface area contributed by atoms with E-state index in [4.69, 9.17) is 5.73 Å². The van der Waals surface area contributed by atoms with Crippen LogP contribution in [0.5, 0.6) is 0 Å². The first kappa shape index (κ1) is 12.4. The van der Waals surface area contributed by atoms with Crippen molar-refractivity contribution in [1.29, 1.82) is 0 Å². The summed E-state index contributed by atoms with van der Waals surface area (Å²) in [6.07, 6.45) is 5.55. The first-order valence-corrected chi connectivity index (χ1v) is 6.99. The Kier molecular flexibility index (Phi) is 3.38. The van der Waals surface area contributed by atoms with Gasteiger partial charge in [0.05, 0.1) is 11.9 Å². The second-order valence-corrected chi connectivity index (χ2v) is 5.39. The Bertz CT molecular complexity index is 447. The molecule has 5 nitrogen and oxygen atoms in total. The van der Waals surface area contributed by atoms with Gasteiger partial charge in [-0.3, -0.25) is 9.69 Å². The number of aromatic nitrogens is 1. The number of hydrogen-bond donors (Lipinski definition) is 1. The van der Waals surface area contributed by atoms with Crippen molar-refractivity contribution in [2.24, 2.45) is 0 Å². The van der Waals surface area contributed by atoms with E-state index in [9.17, 15) is 4.79 Å². The summed E-state index contributed by atoms with van der Waals surface area (Å²) in [7, 11) is 0. The number of hydrogen-bond acceptors (Lipinski definition) is 4. The quantitative estimate of drug-likeness (QED) is 0.861. The fraction of sp³-hybridized carbons (Fsp3) is 0.571. The number of anilines is 1. The lowest BCUT2D eigenvalue weighted by Crippen LogP contribution is -2.53. The minimum atomic E-state index is 0.0215. The molecule has 1 saturated heterocycles. The molecule has 0 spiro atoms. The minimum Gasteiger partial charge on any atom is -0.397 e. The third-order valence-corrected chi connectivity index (χ3v) is 4.20. The lowest BCUT2D eigenvalue weighted by Gasteiger charge is -2.42. The van der Waals surface area contributed by atoms with E-state index in [1.807, 2.05) is 4.90 Å². The van der Waals surface area contributed by atoms with Gasteiger partial charge in [0.25, 0.3) is 5.91 Å². The lowest BCUT2D eigenvalue weighted by molar-refractivity contribution is 0.0451. The molecular weight excluding hydrogens is 240 g/mol. The largest absolute Gasteiger partial charge is 0.397 e. The molecule has 0 atom stereocenters. The summed E-state index contributed by atoms with van der Waals surface area (Å²) in [6.45, 7) is 3.60. The molecule has 5 heteroatoms. The van der Waals surface area contributed by atoms with Crippen LogP contribution in [-0.4, -0.2) is 52.9 Å². The molecule has 2 fully saturated rings. The highest BCUT2D eigenvalue weighted by Crippen LogP contribution is 2.25. The van der Waals surface area contributed by atoms with Crippen molar-refractivity contribution in [1.82, 2.24) is 14.8 Å². The number of carbonyl (C=O) groups excluding carboxylic acids is 1. The number of rotatable bonds is 2. The lowest BCUT2D eigenvalue weighted by atomic mass is 9.91. The van der Waals surface area contributed by atoms with Crippen molar-refractivity contribution in [2.75, 3.05) is 31.9 Å². The zero-order chi connectivity index (χ0) is 13.2. The molecule has 0 radical (unpaired) electrons. The van der Waals surface area contributed by atoms with Crippen molar-refractivity contribution < 1.29 is 4.79 Å². The third kappa shape index (κ3) is 2.56. The van der Waals surface area contributed by atoms with E-state index in [-0.39, 0.29) is 5.91 Å². The first-order chi connectivity index (χ1) is 9.24. The molecule has 2 heterocycles. The highest BCUT2D eigenvalue weighted by molar-refractivity contribution is 5.92. The maximum absolute atomic E-state index is 12.3. The van der Waals surface area contributed by atoms with Gasteiger partial charge in [-0.25, -0.2) is 4.98 Å². The maximum Gasteiger partial charge on any atom is 0.272 e. The molecule has 19 heavy (non-hydrogen) atoms. The van der Waals surface area contributed by atoms with Crippen LogP contribution in [-0.2, 0) is 0 Å². The predicted octanol–water partition coefficient (Wildman–Crippen LogP) is 0.974. The second kappa shape index (κ2) is 5.17. The number of nitrogens with two attached hydrogens (primary N) is 1. The zero-order valence-electron chi connectivity index (χ0n) is 11.1. The molecular formula is C14H20N4O. The molecule has 0 bridgehead atoms. The zero-order valence-corrected chi connectivity index (χ0v) is 11.1. The van der Waals surface area contributed by atoms with Crippen LogP contribution in [0.2, 0.25) is 0 Å². The molecule has 102 valence electrons. The van der Waals surface area contributed by atoms with Crippen LogP contribution in [0.4, 0.5) is 5.69 Å². The third-order valence-electron chi connectivity index (χ3n) is 4.20. The van der Waals surface area contributed by atoms with Crippen molar-refractivity contribution >= 4 is 11.6 Å². The van der Waals surface area contributed by atoms with Crippen molar-refractivity contribution in [3.63, 3.8) is 0 Å². The van der Waals surface area contributed by atoms with Crippen molar-refractivity contribution in [3.8, 4) is 0 Å². The molecule has 1 amide bonds. The predicted molar refractivity (Wildman–Crippen MR) is 73.8 cm³/mol. The van der Waals surface area contributed by atoms with Gasteiger partial charge in [0.2, 0.25) is 0 Å². The fourth-order valence-electron chi connectivity index (χ4n) is 2.74. The molecule has 1 aliphatic heterocycles. The molecule has 1 aromatic heterocycles. The fourth-order valence-corrected chi connectivity index (χ4v) is 2.74. The highest BCUT2D eigenvalue weighted by atomic mass is 16.2. The van der Waals surface area contributed by atoms with E-state index in [1.165, 1.54) is 25.5 Å². The summed E-state index contributed by atoms with van der Waals surface area (Å²) in [4.78, 5) is 20.8. The number of piperazine rings is 1. The number of nitrogen functional groups attached to an aromatic ring is 1. The van der Waals surface area contributed by atoms with Crippen LogP contribution >= 0.6 is 0 Å². The SMILES string of the molecule is Nc1ccc(C(=O)N2CCN(C3CCC3)CC2)nc1. The van der Waals surface area contributed by atoms with E-state index >= 15 is 0 Å². The molecule has 1 saturated carbocycles. The minimum absolute atomic E-state index is 0.0215. The van der Waals surface area contributed by atoms with E-state index in [0.29, 0.717) is 11.4 Å². The van der Waals surface area contributed by atoms with Gasteiger partial charge < -0.3 is 10.6 Å². The molecule has 2 aliphatic rings. The van der Waals surface area contributed by atoms with Crippen LogP contribution < -0.4 is 5.73 Å². The van der Waals surface area contributed by atoms with E-state index in [1.54, 1.807) is 12.1 Å².